The second-order valence-corrected chi connectivity index (χ2v) is 5.50. The van der Waals surface area contributed by atoms with Crippen molar-refractivity contribution in [3.8, 4) is 11.3 Å². The number of aromatic nitrogens is 2. The highest BCUT2D eigenvalue weighted by atomic mass is 79.9. The highest BCUT2D eigenvalue weighted by molar-refractivity contribution is 9.10. The van der Waals surface area contributed by atoms with E-state index in [0.717, 1.165) is 23.3 Å². The normalized spacial score (nSPS) is 12.4. The number of nitrogens with zero attached hydrogens (tertiary/aromatic N) is 2. The van der Waals surface area contributed by atoms with Crippen LogP contribution in [0, 0.1) is 5.82 Å². The molecule has 0 spiro atoms. The van der Waals surface area contributed by atoms with Crippen molar-refractivity contribution in [1.82, 2.24) is 15.3 Å². The molecule has 0 fully saturated rings. The summed E-state index contributed by atoms with van der Waals surface area (Å²) in [5.41, 5.74) is 1.10. The van der Waals surface area contributed by atoms with Crippen LogP contribution in [0.1, 0.15) is 25.1 Å². The van der Waals surface area contributed by atoms with Gasteiger partial charge in [-0.15, -0.1) is 0 Å². The molecule has 0 saturated heterocycles. The third kappa shape index (κ3) is 3.41. The maximum absolute atomic E-state index is 13.9. The summed E-state index contributed by atoms with van der Waals surface area (Å²) < 4.78 is 14.8. The first-order valence-corrected chi connectivity index (χ1v) is 7.38. The molecule has 1 aromatic heterocycles. The third-order valence-electron chi connectivity index (χ3n) is 3.19. The lowest BCUT2D eigenvalue weighted by atomic mass is 10.1. The van der Waals surface area contributed by atoms with Gasteiger partial charge in [0, 0.05) is 28.7 Å². The molecule has 2 aromatic rings. The molecule has 1 N–H and O–H groups in total. The standard InChI is InChI=1S/C15H17BrFN3/c1-3-10(9-18-2)15-19-7-6-14(20-15)12-8-11(16)4-5-13(12)17/h4-8,10,18H,3,9H2,1-2H3. The first-order valence-electron chi connectivity index (χ1n) is 6.58. The maximum atomic E-state index is 13.9. The lowest BCUT2D eigenvalue weighted by molar-refractivity contribution is 0.580. The zero-order chi connectivity index (χ0) is 14.5. The van der Waals surface area contributed by atoms with Crippen LogP contribution < -0.4 is 5.32 Å². The van der Waals surface area contributed by atoms with E-state index >= 15 is 0 Å². The van der Waals surface area contributed by atoms with Crippen LogP contribution in [0.3, 0.4) is 0 Å². The Morgan fingerprint density at radius 2 is 2.15 bits per heavy atom. The second-order valence-electron chi connectivity index (χ2n) is 4.59. The van der Waals surface area contributed by atoms with Crippen molar-refractivity contribution in [3.05, 3.63) is 46.6 Å². The van der Waals surface area contributed by atoms with E-state index in [0.29, 0.717) is 11.3 Å². The Bertz CT molecular complexity index is 589. The van der Waals surface area contributed by atoms with Gasteiger partial charge in [0.1, 0.15) is 11.6 Å². The molecule has 0 aliphatic heterocycles. The van der Waals surface area contributed by atoms with E-state index in [4.69, 9.17) is 0 Å². The fourth-order valence-electron chi connectivity index (χ4n) is 2.08. The minimum Gasteiger partial charge on any atom is -0.319 e. The third-order valence-corrected chi connectivity index (χ3v) is 3.68. The molecule has 0 bridgehead atoms. The fourth-order valence-corrected chi connectivity index (χ4v) is 2.44. The molecule has 1 unspecified atom stereocenters. The largest absolute Gasteiger partial charge is 0.319 e. The van der Waals surface area contributed by atoms with Gasteiger partial charge in [-0.3, -0.25) is 0 Å². The van der Waals surface area contributed by atoms with Gasteiger partial charge in [-0.1, -0.05) is 22.9 Å². The van der Waals surface area contributed by atoms with Crippen molar-refractivity contribution in [3.63, 3.8) is 0 Å². The van der Waals surface area contributed by atoms with Crippen LogP contribution in [-0.2, 0) is 0 Å². The number of rotatable bonds is 5. The van der Waals surface area contributed by atoms with E-state index in [1.807, 2.05) is 7.05 Å². The van der Waals surface area contributed by atoms with Crippen molar-refractivity contribution in [1.29, 1.82) is 0 Å². The van der Waals surface area contributed by atoms with E-state index in [1.54, 1.807) is 24.4 Å². The van der Waals surface area contributed by atoms with Gasteiger partial charge in [-0.25, -0.2) is 14.4 Å². The van der Waals surface area contributed by atoms with Crippen LogP contribution in [0.25, 0.3) is 11.3 Å². The van der Waals surface area contributed by atoms with Gasteiger partial charge < -0.3 is 5.32 Å². The summed E-state index contributed by atoms with van der Waals surface area (Å²) in [6, 6.07) is 6.59. The van der Waals surface area contributed by atoms with E-state index in [-0.39, 0.29) is 11.7 Å². The number of halogens is 2. The van der Waals surface area contributed by atoms with Crippen molar-refractivity contribution in [2.24, 2.45) is 0 Å². The molecular formula is C15H17BrFN3. The Hall–Kier alpha value is -1.33. The fraction of sp³-hybridized carbons (Fsp3) is 0.333. The Kier molecular flexibility index (Phi) is 5.20. The van der Waals surface area contributed by atoms with Crippen molar-refractivity contribution in [2.75, 3.05) is 13.6 Å². The number of nitrogens with one attached hydrogen (secondary N) is 1. The van der Waals surface area contributed by atoms with Crippen LogP contribution >= 0.6 is 15.9 Å². The molecule has 3 nitrogen and oxygen atoms in total. The molecule has 2 rings (SSSR count). The number of likely N-dealkylation sites (N-methyl/N-ethyl adjacent to an activating group) is 1. The van der Waals surface area contributed by atoms with Gasteiger partial charge in [0.2, 0.25) is 0 Å². The summed E-state index contributed by atoms with van der Waals surface area (Å²) >= 11 is 3.36. The number of benzene rings is 1. The monoisotopic (exact) mass is 337 g/mol. The Morgan fingerprint density at radius 1 is 1.35 bits per heavy atom. The van der Waals surface area contributed by atoms with Gasteiger partial charge in [0.05, 0.1) is 5.69 Å². The molecule has 5 heteroatoms. The summed E-state index contributed by atoms with van der Waals surface area (Å²) in [6.07, 6.45) is 2.63. The number of hydrogen-bond donors (Lipinski definition) is 1. The predicted molar refractivity (Wildman–Crippen MR) is 82.1 cm³/mol. The summed E-state index contributed by atoms with van der Waals surface area (Å²) in [6.45, 7) is 2.90. The van der Waals surface area contributed by atoms with Gasteiger partial charge in [-0.05, 0) is 37.7 Å². The summed E-state index contributed by atoms with van der Waals surface area (Å²) in [5, 5.41) is 3.14. The Labute approximate surface area is 126 Å². The Morgan fingerprint density at radius 3 is 2.85 bits per heavy atom. The van der Waals surface area contributed by atoms with Gasteiger partial charge in [0.25, 0.3) is 0 Å². The summed E-state index contributed by atoms with van der Waals surface area (Å²) in [5.74, 6) is 0.702. The van der Waals surface area contributed by atoms with Gasteiger partial charge in [0.15, 0.2) is 0 Å². The molecule has 20 heavy (non-hydrogen) atoms. The maximum Gasteiger partial charge on any atom is 0.133 e. The van der Waals surface area contributed by atoms with Crippen molar-refractivity contribution in [2.45, 2.75) is 19.3 Å². The highest BCUT2D eigenvalue weighted by Crippen LogP contribution is 2.26. The van der Waals surface area contributed by atoms with E-state index in [9.17, 15) is 4.39 Å². The SMILES string of the molecule is CCC(CNC)c1nccc(-c2cc(Br)ccc2F)n1. The molecule has 0 radical (unpaired) electrons. The molecule has 1 atom stereocenters. The lowest BCUT2D eigenvalue weighted by Gasteiger charge is -2.13. The quantitative estimate of drug-likeness (QED) is 0.902. The average Bonchev–Trinajstić information content (AvgIpc) is 2.47. The molecular weight excluding hydrogens is 321 g/mol. The highest BCUT2D eigenvalue weighted by Gasteiger charge is 2.14. The zero-order valence-corrected chi connectivity index (χ0v) is 13.1. The smallest absolute Gasteiger partial charge is 0.133 e. The Balaban J connectivity index is 2.41. The van der Waals surface area contributed by atoms with Crippen LogP contribution in [0.2, 0.25) is 0 Å². The van der Waals surface area contributed by atoms with E-state index in [1.165, 1.54) is 6.07 Å². The predicted octanol–water partition coefficient (Wildman–Crippen LogP) is 3.76. The molecule has 0 saturated carbocycles. The van der Waals surface area contributed by atoms with E-state index < -0.39 is 0 Å². The number of hydrogen-bond acceptors (Lipinski definition) is 3. The van der Waals surface area contributed by atoms with E-state index in [2.05, 4.69) is 38.1 Å². The average molecular weight is 338 g/mol. The molecule has 1 heterocycles. The summed E-state index contributed by atoms with van der Waals surface area (Å²) in [4.78, 5) is 8.84. The zero-order valence-electron chi connectivity index (χ0n) is 11.5. The van der Waals surface area contributed by atoms with Crippen LogP contribution in [0.15, 0.2) is 34.9 Å². The second kappa shape index (κ2) is 6.90. The lowest BCUT2D eigenvalue weighted by Crippen LogP contribution is -2.18. The van der Waals surface area contributed by atoms with Crippen LogP contribution in [-0.4, -0.2) is 23.6 Å². The molecule has 0 aliphatic carbocycles. The minimum atomic E-state index is -0.278. The van der Waals surface area contributed by atoms with Crippen LogP contribution in [0.5, 0.6) is 0 Å². The molecule has 0 amide bonds. The molecule has 106 valence electrons. The topological polar surface area (TPSA) is 37.8 Å². The summed E-state index contributed by atoms with van der Waals surface area (Å²) in [7, 11) is 1.90. The molecule has 1 aromatic carbocycles. The van der Waals surface area contributed by atoms with Gasteiger partial charge in [-0.2, -0.15) is 0 Å². The minimum absolute atomic E-state index is 0.232. The van der Waals surface area contributed by atoms with Crippen molar-refractivity contribution < 1.29 is 4.39 Å². The van der Waals surface area contributed by atoms with Gasteiger partial charge >= 0.3 is 0 Å². The van der Waals surface area contributed by atoms with Crippen molar-refractivity contribution >= 4 is 15.9 Å². The van der Waals surface area contributed by atoms with Crippen LogP contribution in [0.4, 0.5) is 4.39 Å². The first kappa shape index (κ1) is 15.1. The first-order chi connectivity index (χ1) is 9.65. The molecule has 0 aliphatic rings.